The van der Waals surface area contributed by atoms with Gasteiger partial charge in [-0.1, -0.05) is 44.2 Å². The first kappa shape index (κ1) is 27.5. The van der Waals surface area contributed by atoms with Crippen molar-refractivity contribution in [1.29, 1.82) is 0 Å². The van der Waals surface area contributed by atoms with E-state index < -0.39 is 24.5 Å². The van der Waals surface area contributed by atoms with Crippen LogP contribution in [0.1, 0.15) is 38.5 Å². The zero-order valence-electron chi connectivity index (χ0n) is 22.5. The number of aliphatic hydroxyl groups is 2. The van der Waals surface area contributed by atoms with Crippen LogP contribution < -0.4 is 15.4 Å². The SMILES string of the molecule is CC(C)CCC(=O)NC[C@H]1O[C@@H](n2cnc3c(NCc4ccc(Oc5ccccc5)cc4)ncnc32)[C@H](O)[C@@H]1O. The van der Waals surface area contributed by atoms with Crippen LogP contribution in [0, 0.1) is 5.92 Å². The Balaban J connectivity index is 1.22. The summed E-state index contributed by atoms with van der Waals surface area (Å²) < 4.78 is 13.4. The second-order valence-corrected chi connectivity index (χ2v) is 10.2. The Morgan fingerprint density at radius 2 is 1.77 bits per heavy atom. The molecule has 4 atom stereocenters. The molecule has 0 radical (unpaired) electrons. The van der Waals surface area contributed by atoms with Crippen LogP contribution in [0.3, 0.4) is 0 Å². The fourth-order valence-electron chi connectivity index (χ4n) is 4.50. The minimum Gasteiger partial charge on any atom is -0.457 e. The van der Waals surface area contributed by atoms with Gasteiger partial charge in [-0.15, -0.1) is 0 Å². The summed E-state index contributed by atoms with van der Waals surface area (Å²) >= 11 is 0. The van der Waals surface area contributed by atoms with E-state index in [2.05, 4.69) is 39.4 Å². The highest BCUT2D eigenvalue weighted by Crippen LogP contribution is 2.32. The standard InChI is InChI=1S/C29H34N6O5/c1-18(2)8-13-23(36)30-15-22-25(37)26(38)29(40-22)35-17-34-24-27(32-16-33-28(24)35)31-14-19-9-11-21(12-10-19)39-20-6-4-3-5-7-20/h3-7,9-12,16-18,22,25-26,29,37-38H,8,13-15H2,1-2H3,(H,30,36)(H,31,32,33)/t22-,25-,26-,29-/m1/s1. The monoisotopic (exact) mass is 546 g/mol. The molecule has 40 heavy (non-hydrogen) atoms. The molecule has 11 heteroatoms. The maximum Gasteiger partial charge on any atom is 0.220 e. The summed E-state index contributed by atoms with van der Waals surface area (Å²) in [5.74, 6) is 2.34. The number of nitrogens with one attached hydrogen (secondary N) is 2. The number of hydrogen-bond donors (Lipinski definition) is 4. The molecule has 210 valence electrons. The van der Waals surface area contributed by atoms with Crippen molar-refractivity contribution in [3.05, 3.63) is 72.8 Å². The number of fused-ring (bicyclic) bond motifs is 1. The van der Waals surface area contributed by atoms with Gasteiger partial charge in [0.1, 0.15) is 36.1 Å². The number of rotatable bonds is 11. The normalized spacial score (nSPS) is 20.6. The molecule has 4 N–H and O–H groups in total. The van der Waals surface area contributed by atoms with E-state index >= 15 is 0 Å². The Morgan fingerprint density at radius 1 is 1.02 bits per heavy atom. The van der Waals surface area contributed by atoms with Gasteiger partial charge in [0.15, 0.2) is 23.2 Å². The van der Waals surface area contributed by atoms with Crippen molar-refractivity contribution in [2.75, 3.05) is 11.9 Å². The molecule has 1 aliphatic rings. The van der Waals surface area contributed by atoms with Gasteiger partial charge in [0.05, 0.1) is 6.33 Å². The Labute approximate surface area is 232 Å². The molecule has 0 bridgehead atoms. The van der Waals surface area contributed by atoms with Crippen LogP contribution in [-0.2, 0) is 16.1 Å². The molecule has 1 aliphatic heterocycles. The lowest BCUT2D eigenvalue weighted by Crippen LogP contribution is -2.39. The van der Waals surface area contributed by atoms with Gasteiger partial charge in [-0.2, -0.15) is 0 Å². The number of carbonyl (C=O) groups excluding carboxylic acids is 1. The molecule has 0 spiro atoms. The number of carbonyl (C=O) groups is 1. The van der Waals surface area contributed by atoms with Gasteiger partial charge >= 0.3 is 0 Å². The van der Waals surface area contributed by atoms with Crippen LogP contribution >= 0.6 is 0 Å². The highest BCUT2D eigenvalue weighted by molar-refractivity contribution is 5.82. The molecule has 1 saturated heterocycles. The van der Waals surface area contributed by atoms with Gasteiger partial charge in [0, 0.05) is 19.5 Å². The van der Waals surface area contributed by atoms with E-state index in [9.17, 15) is 15.0 Å². The predicted molar refractivity (Wildman–Crippen MR) is 149 cm³/mol. The first-order chi connectivity index (χ1) is 19.4. The minimum atomic E-state index is -1.22. The second-order valence-electron chi connectivity index (χ2n) is 10.2. The molecule has 1 fully saturated rings. The molecule has 3 heterocycles. The topological polar surface area (TPSA) is 144 Å². The lowest BCUT2D eigenvalue weighted by Gasteiger charge is -2.17. The Hall–Kier alpha value is -4.06. The van der Waals surface area contributed by atoms with E-state index in [1.807, 2.05) is 54.6 Å². The average Bonchev–Trinajstić information content (AvgIpc) is 3.51. The first-order valence-electron chi connectivity index (χ1n) is 13.4. The molecule has 5 rings (SSSR count). The van der Waals surface area contributed by atoms with Crippen molar-refractivity contribution in [3.8, 4) is 11.5 Å². The van der Waals surface area contributed by atoms with Crippen molar-refractivity contribution in [2.45, 2.75) is 57.8 Å². The first-order valence-corrected chi connectivity index (χ1v) is 13.4. The Kier molecular flexibility index (Phi) is 8.54. The predicted octanol–water partition coefficient (Wildman–Crippen LogP) is 3.40. The van der Waals surface area contributed by atoms with E-state index in [0.29, 0.717) is 35.9 Å². The van der Waals surface area contributed by atoms with Crippen molar-refractivity contribution >= 4 is 22.9 Å². The van der Waals surface area contributed by atoms with Crippen LogP contribution in [0.2, 0.25) is 0 Å². The molecular weight excluding hydrogens is 512 g/mol. The summed E-state index contributed by atoms with van der Waals surface area (Å²) in [6.07, 6.45) is -0.00755. The molecule has 4 aromatic rings. The zero-order chi connectivity index (χ0) is 28.1. The van der Waals surface area contributed by atoms with Gasteiger partial charge in [-0.05, 0) is 42.2 Å². The van der Waals surface area contributed by atoms with Crippen molar-refractivity contribution < 1.29 is 24.5 Å². The van der Waals surface area contributed by atoms with Gasteiger partial charge in [-0.25, -0.2) is 15.0 Å². The van der Waals surface area contributed by atoms with Crippen LogP contribution in [0.4, 0.5) is 5.82 Å². The van der Waals surface area contributed by atoms with Gasteiger partial charge in [0.25, 0.3) is 0 Å². The summed E-state index contributed by atoms with van der Waals surface area (Å²) in [4.78, 5) is 25.2. The number of imidazole rings is 1. The van der Waals surface area contributed by atoms with Crippen LogP contribution in [0.15, 0.2) is 67.3 Å². The summed E-state index contributed by atoms with van der Waals surface area (Å²) in [7, 11) is 0. The third-order valence-corrected chi connectivity index (χ3v) is 6.78. The number of para-hydroxylation sites is 1. The number of aliphatic hydroxyl groups excluding tert-OH is 2. The molecule has 0 aliphatic carbocycles. The number of aromatic nitrogens is 4. The maximum atomic E-state index is 12.1. The second kappa shape index (κ2) is 12.4. The number of amides is 1. The van der Waals surface area contributed by atoms with Crippen molar-refractivity contribution in [2.24, 2.45) is 5.92 Å². The Morgan fingerprint density at radius 3 is 2.52 bits per heavy atom. The minimum absolute atomic E-state index is 0.0925. The fourth-order valence-corrected chi connectivity index (χ4v) is 4.50. The maximum absolute atomic E-state index is 12.1. The van der Waals surface area contributed by atoms with Crippen LogP contribution in [-0.4, -0.2) is 60.5 Å². The van der Waals surface area contributed by atoms with Crippen molar-refractivity contribution in [1.82, 2.24) is 24.8 Å². The lowest BCUT2D eigenvalue weighted by atomic mass is 10.1. The zero-order valence-corrected chi connectivity index (χ0v) is 22.5. The quantitative estimate of drug-likeness (QED) is 0.222. The van der Waals surface area contributed by atoms with Crippen molar-refractivity contribution in [3.63, 3.8) is 0 Å². The number of anilines is 1. The summed E-state index contributed by atoms with van der Waals surface area (Å²) in [6, 6.07) is 17.3. The number of ether oxygens (including phenoxy) is 2. The van der Waals surface area contributed by atoms with E-state index in [1.165, 1.54) is 12.7 Å². The highest BCUT2D eigenvalue weighted by Gasteiger charge is 2.44. The van der Waals surface area contributed by atoms with E-state index in [1.54, 1.807) is 4.57 Å². The molecule has 0 saturated carbocycles. The third kappa shape index (κ3) is 6.39. The molecule has 11 nitrogen and oxygen atoms in total. The van der Waals surface area contributed by atoms with Gasteiger partial charge < -0.3 is 30.3 Å². The van der Waals surface area contributed by atoms with Gasteiger partial charge in [-0.3, -0.25) is 9.36 Å². The lowest BCUT2D eigenvalue weighted by molar-refractivity contribution is -0.122. The number of hydrogen-bond acceptors (Lipinski definition) is 9. The Bertz CT molecular complexity index is 1410. The number of benzene rings is 2. The average molecular weight is 547 g/mol. The molecule has 1 amide bonds. The molecular formula is C29H34N6O5. The third-order valence-electron chi connectivity index (χ3n) is 6.78. The largest absolute Gasteiger partial charge is 0.457 e. The molecule has 0 unspecified atom stereocenters. The van der Waals surface area contributed by atoms with E-state index in [4.69, 9.17) is 9.47 Å². The van der Waals surface area contributed by atoms with Crippen LogP contribution in [0.5, 0.6) is 11.5 Å². The smallest absolute Gasteiger partial charge is 0.220 e. The summed E-state index contributed by atoms with van der Waals surface area (Å²) in [5.41, 5.74) is 1.96. The van der Waals surface area contributed by atoms with Gasteiger partial charge in [0.2, 0.25) is 5.91 Å². The molecule has 2 aromatic heterocycles. The highest BCUT2D eigenvalue weighted by atomic mass is 16.6. The van der Waals surface area contributed by atoms with E-state index in [0.717, 1.165) is 23.5 Å². The van der Waals surface area contributed by atoms with Crippen LogP contribution in [0.25, 0.3) is 11.2 Å². The number of nitrogens with zero attached hydrogens (tertiary/aromatic N) is 4. The van der Waals surface area contributed by atoms with E-state index in [-0.39, 0.29) is 12.5 Å². The summed E-state index contributed by atoms with van der Waals surface area (Å²) in [6.45, 7) is 4.69. The summed E-state index contributed by atoms with van der Waals surface area (Å²) in [5, 5.41) is 27.4. The fraction of sp³-hybridized carbons (Fsp3) is 0.379. The molecule has 2 aromatic carbocycles.